The molecule has 9 heteroatoms. The molecule has 0 spiro atoms. The van der Waals surface area contributed by atoms with Gasteiger partial charge in [-0.2, -0.15) is 9.64 Å². The fraction of sp³-hybridized carbons (Fsp3) is 0.0714. The first-order chi connectivity index (χ1) is 11.0. The molecule has 0 fully saturated rings. The number of fused-ring (bicyclic) bond motifs is 1. The average molecular weight is 364 g/mol. The summed E-state index contributed by atoms with van der Waals surface area (Å²) in [5.41, 5.74) is 1.90. The lowest BCUT2D eigenvalue weighted by Crippen LogP contribution is -1.88. The molecule has 2 aromatic heterocycles. The zero-order valence-corrected chi connectivity index (χ0v) is 13.9. The summed E-state index contributed by atoms with van der Waals surface area (Å²) in [6.45, 7) is 1.75. The number of hydrogen-bond acceptors (Lipinski definition) is 7. The summed E-state index contributed by atoms with van der Waals surface area (Å²) in [5, 5.41) is 28.3. The standard InChI is InChI=1S/C14H7Cl2N5OS/c1-6-7(4-17)13-8(5-18-6)14(23-21-13)20-19-11-2-10(16)12(22)3-9(11)15/h2-3,5,22H,1H3. The van der Waals surface area contributed by atoms with Gasteiger partial charge in [0.05, 0.1) is 21.1 Å². The van der Waals surface area contributed by atoms with Crippen molar-refractivity contribution in [2.45, 2.75) is 6.92 Å². The zero-order chi connectivity index (χ0) is 16.6. The van der Waals surface area contributed by atoms with Crippen LogP contribution in [-0.2, 0) is 0 Å². The van der Waals surface area contributed by atoms with Crippen LogP contribution in [0.15, 0.2) is 28.6 Å². The average Bonchev–Trinajstić information content (AvgIpc) is 2.92. The number of halogens is 2. The van der Waals surface area contributed by atoms with E-state index in [4.69, 9.17) is 23.2 Å². The van der Waals surface area contributed by atoms with Crippen molar-refractivity contribution < 1.29 is 5.11 Å². The first-order valence-electron chi connectivity index (χ1n) is 6.26. The lowest BCUT2D eigenvalue weighted by atomic mass is 10.1. The Kier molecular flexibility index (Phi) is 4.13. The quantitative estimate of drug-likeness (QED) is 0.624. The monoisotopic (exact) mass is 363 g/mol. The number of aryl methyl sites for hydroxylation is 1. The molecule has 0 amide bonds. The molecule has 23 heavy (non-hydrogen) atoms. The van der Waals surface area contributed by atoms with Gasteiger partial charge in [-0.05, 0) is 24.5 Å². The van der Waals surface area contributed by atoms with Crippen LogP contribution in [0.4, 0.5) is 10.7 Å². The largest absolute Gasteiger partial charge is 0.506 e. The third kappa shape index (κ3) is 2.84. The molecule has 0 aliphatic rings. The minimum atomic E-state index is -0.128. The van der Waals surface area contributed by atoms with Crippen LogP contribution in [0.3, 0.4) is 0 Å². The highest BCUT2D eigenvalue weighted by Crippen LogP contribution is 2.38. The third-order valence-electron chi connectivity index (χ3n) is 3.07. The maximum absolute atomic E-state index is 9.47. The maximum atomic E-state index is 9.47. The highest BCUT2D eigenvalue weighted by Gasteiger charge is 2.13. The van der Waals surface area contributed by atoms with Crippen molar-refractivity contribution in [3.05, 3.63) is 39.6 Å². The molecule has 0 atom stereocenters. The van der Waals surface area contributed by atoms with Crippen LogP contribution in [0.1, 0.15) is 11.3 Å². The number of aromatic hydroxyl groups is 1. The number of phenols is 1. The highest BCUT2D eigenvalue weighted by molar-refractivity contribution is 7.11. The van der Waals surface area contributed by atoms with Crippen LogP contribution in [0.2, 0.25) is 10.0 Å². The normalized spacial score (nSPS) is 11.2. The third-order valence-corrected chi connectivity index (χ3v) is 4.43. The Morgan fingerprint density at radius 1 is 1.26 bits per heavy atom. The summed E-state index contributed by atoms with van der Waals surface area (Å²) < 4.78 is 4.24. The molecule has 2 heterocycles. The number of phenolic OH excluding ortho intramolecular Hbond substituents is 1. The topological polar surface area (TPSA) is 94.5 Å². The number of nitriles is 1. The summed E-state index contributed by atoms with van der Waals surface area (Å²) in [6, 6.07) is 4.80. The Labute approximate surface area is 144 Å². The van der Waals surface area contributed by atoms with Gasteiger partial charge in [0.2, 0.25) is 0 Å². The minimum absolute atomic E-state index is 0.126. The van der Waals surface area contributed by atoms with Crippen molar-refractivity contribution in [2.24, 2.45) is 10.2 Å². The molecule has 0 saturated heterocycles. The van der Waals surface area contributed by atoms with Gasteiger partial charge in [-0.3, -0.25) is 4.98 Å². The molecular formula is C14H7Cl2N5OS. The number of rotatable bonds is 2. The van der Waals surface area contributed by atoms with E-state index in [0.29, 0.717) is 32.8 Å². The first kappa shape index (κ1) is 15.6. The minimum Gasteiger partial charge on any atom is -0.506 e. The predicted molar refractivity (Wildman–Crippen MR) is 89.2 cm³/mol. The van der Waals surface area contributed by atoms with Crippen molar-refractivity contribution in [2.75, 3.05) is 0 Å². The van der Waals surface area contributed by atoms with Crippen molar-refractivity contribution in [3.8, 4) is 11.8 Å². The summed E-state index contributed by atoms with van der Waals surface area (Å²) in [4.78, 5) is 4.17. The summed E-state index contributed by atoms with van der Waals surface area (Å²) >= 11 is 12.9. The number of azo groups is 1. The van der Waals surface area contributed by atoms with Crippen molar-refractivity contribution in [1.82, 2.24) is 9.36 Å². The molecule has 6 nitrogen and oxygen atoms in total. The Bertz CT molecular complexity index is 993. The highest BCUT2D eigenvalue weighted by atomic mass is 35.5. The first-order valence-corrected chi connectivity index (χ1v) is 7.79. The van der Waals surface area contributed by atoms with Gasteiger partial charge < -0.3 is 5.11 Å². The van der Waals surface area contributed by atoms with E-state index in [1.54, 1.807) is 13.1 Å². The molecule has 114 valence electrons. The van der Waals surface area contributed by atoms with Gasteiger partial charge in [-0.15, -0.1) is 10.2 Å². The molecule has 0 radical (unpaired) electrons. The second-order valence-corrected chi connectivity index (χ2v) is 6.10. The molecule has 0 aliphatic heterocycles. The van der Waals surface area contributed by atoms with E-state index in [1.807, 2.05) is 0 Å². The van der Waals surface area contributed by atoms with E-state index < -0.39 is 0 Å². The van der Waals surface area contributed by atoms with Crippen LogP contribution in [-0.4, -0.2) is 14.5 Å². The van der Waals surface area contributed by atoms with Gasteiger partial charge in [-0.25, -0.2) is 0 Å². The molecule has 0 aliphatic carbocycles. The number of aromatic nitrogens is 2. The van der Waals surface area contributed by atoms with Crippen LogP contribution >= 0.6 is 34.7 Å². The SMILES string of the molecule is Cc1ncc2c(N=Nc3cc(Cl)c(O)cc3Cl)snc2c1C#N. The molecular weight excluding hydrogens is 357 g/mol. The van der Waals surface area contributed by atoms with E-state index in [0.717, 1.165) is 11.5 Å². The fourth-order valence-corrected chi connectivity index (χ4v) is 2.94. The number of benzene rings is 1. The lowest BCUT2D eigenvalue weighted by molar-refractivity contribution is 0.475. The second kappa shape index (κ2) is 6.08. The van der Waals surface area contributed by atoms with Gasteiger partial charge in [0, 0.05) is 12.3 Å². The molecule has 1 N–H and O–H groups in total. The molecule has 0 bridgehead atoms. The smallest absolute Gasteiger partial charge is 0.168 e. The Morgan fingerprint density at radius 3 is 2.78 bits per heavy atom. The number of hydrogen-bond donors (Lipinski definition) is 1. The summed E-state index contributed by atoms with van der Waals surface area (Å²) in [6.07, 6.45) is 1.61. The van der Waals surface area contributed by atoms with Crippen molar-refractivity contribution >= 4 is 56.3 Å². The summed E-state index contributed by atoms with van der Waals surface area (Å²) in [5.74, 6) is -0.128. The second-order valence-electron chi connectivity index (χ2n) is 4.54. The number of nitrogens with zero attached hydrogens (tertiary/aromatic N) is 5. The van der Waals surface area contributed by atoms with E-state index in [1.165, 1.54) is 12.1 Å². The van der Waals surface area contributed by atoms with E-state index in [-0.39, 0.29) is 15.8 Å². The van der Waals surface area contributed by atoms with Gasteiger partial charge in [-0.1, -0.05) is 23.2 Å². The molecule has 3 rings (SSSR count). The van der Waals surface area contributed by atoms with Gasteiger partial charge in [0.25, 0.3) is 0 Å². The summed E-state index contributed by atoms with van der Waals surface area (Å²) in [7, 11) is 0. The van der Waals surface area contributed by atoms with E-state index in [2.05, 4.69) is 25.7 Å². The maximum Gasteiger partial charge on any atom is 0.168 e. The van der Waals surface area contributed by atoms with Crippen molar-refractivity contribution in [1.29, 1.82) is 5.26 Å². The lowest BCUT2D eigenvalue weighted by Gasteiger charge is -2.00. The van der Waals surface area contributed by atoms with E-state index in [9.17, 15) is 10.4 Å². The predicted octanol–water partition coefficient (Wildman–Crippen LogP) is 5.30. The van der Waals surface area contributed by atoms with Gasteiger partial charge in [0.1, 0.15) is 28.6 Å². The molecule has 0 saturated carbocycles. The Morgan fingerprint density at radius 2 is 2.04 bits per heavy atom. The van der Waals surface area contributed by atoms with Crippen LogP contribution in [0.25, 0.3) is 10.9 Å². The van der Waals surface area contributed by atoms with E-state index >= 15 is 0 Å². The van der Waals surface area contributed by atoms with Crippen LogP contribution in [0, 0.1) is 18.3 Å². The van der Waals surface area contributed by atoms with Gasteiger partial charge >= 0.3 is 0 Å². The Hall–Kier alpha value is -2.27. The molecule has 1 aromatic carbocycles. The molecule has 3 aromatic rings. The number of pyridine rings is 1. The Balaban J connectivity index is 2.06. The van der Waals surface area contributed by atoms with Crippen LogP contribution in [0.5, 0.6) is 5.75 Å². The van der Waals surface area contributed by atoms with Crippen LogP contribution < -0.4 is 0 Å². The van der Waals surface area contributed by atoms with Crippen molar-refractivity contribution in [3.63, 3.8) is 0 Å². The van der Waals surface area contributed by atoms with Gasteiger partial charge in [0.15, 0.2) is 5.00 Å². The molecule has 0 unspecified atom stereocenters. The zero-order valence-electron chi connectivity index (χ0n) is 11.6. The fourth-order valence-electron chi connectivity index (χ4n) is 1.89.